The van der Waals surface area contributed by atoms with Gasteiger partial charge in [-0.2, -0.15) is 0 Å². The number of rotatable bonds is 3. The summed E-state index contributed by atoms with van der Waals surface area (Å²) in [7, 11) is 1.38. The van der Waals surface area contributed by atoms with E-state index < -0.39 is 6.04 Å². The lowest BCUT2D eigenvalue weighted by molar-refractivity contribution is -0.143. The highest BCUT2D eigenvalue weighted by atomic mass is 16.5. The molecule has 0 saturated heterocycles. The molecule has 0 amide bonds. The van der Waals surface area contributed by atoms with E-state index in [0.29, 0.717) is 17.0 Å². The van der Waals surface area contributed by atoms with Crippen LogP contribution in [-0.4, -0.2) is 34.1 Å². The highest BCUT2D eigenvalue weighted by Gasteiger charge is 2.32. The molecule has 1 unspecified atom stereocenters. The van der Waals surface area contributed by atoms with Crippen LogP contribution in [0.1, 0.15) is 20.8 Å². The van der Waals surface area contributed by atoms with Gasteiger partial charge in [0.2, 0.25) is 0 Å². The van der Waals surface area contributed by atoms with Gasteiger partial charge in [0.15, 0.2) is 5.65 Å². The number of carbonyl (C=O) groups excluding carboxylic acids is 1. The van der Waals surface area contributed by atoms with Crippen molar-refractivity contribution >= 4 is 23.0 Å². The van der Waals surface area contributed by atoms with E-state index in [0.717, 1.165) is 0 Å². The van der Waals surface area contributed by atoms with Gasteiger partial charge in [-0.25, -0.2) is 14.8 Å². The summed E-state index contributed by atoms with van der Waals surface area (Å²) in [4.78, 5) is 24.5. The highest BCUT2D eigenvalue weighted by Crippen LogP contribution is 2.24. The van der Waals surface area contributed by atoms with Gasteiger partial charge in [-0.3, -0.25) is 4.98 Å². The summed E-state index contributed by atoms with van der Waals surface area (Å²) in [6, 6.07) is 3.10. The molecule has 106 valence electrons. The van der Waals surface area contributed by atoms with E-state index in [1.807, 2.05) is 26.8 Å². The second-order valence-electron chi connectivity index (χ2n) is 5.56. The first-order valence-electron chi connectivity index (χ1n) is 6.34. The number of hydrogen-bond donors (Lipinski definition) is 1. The number of ether oxygens (including phenoxy) is 1. The van der Waals surface area contributed by atoms with Gasteiger partial charge < -0.3 is 10.1 Å². The minimum atomic E-state index is -0.492. The molecule has 0 aliphatic rings. The first-order valence-corrected chi connectivity index (χ1v) is 6.34. The second kappa shape index (κ2) is 5.40. The Morgan fingerprint density at radius 2 is 1.95 bits per heavy atom. The molecule has 2 aromatic heterocycles. The molecule has 0 aliphatic heterocycles. The molecule has 0 radical (unpaired) electrons. The quantitative estimate of drug-likeness (QED) is 0.863. The van der Waals surface area contributed by atoms with Crippen LogP contribution in [0.25, 0.3) is 11.2 Å². The normalized spacial score (nSPS) is 13.0. The summed E-state index contributed by atoms with van der Waals surface area (Å²) in [6.45, 7) is 5.88. The van der Waals surface area contributed by atoms with Gasteiger partial charge in [-0.1, -0.05) is 20.8 Å². The van der Waals surface area contributed by atoms with Crippen LogP contribution < -0.4 is 5.32 Å². The minimum absolute atomic E-state index is 0.300. The smallest absolute Gasteiger partial charge is 0.328 e. The van der Waals surface area contributed by atoms with Crippen molar-refractivity contribution in [2.75, 3.05) is 12.4 Å². The van der Waals surface area contributed by atoms with Gasteiger partial charge in [-0.05, 0) is 17.5 Å². The van der Waals surface area contributed by atoms with Crippen LogP contribution >= 0.6 is 0 Å². The molecule has 0 fully saturated rings. The third-order valence-electron chi connectivity index (χ3n) is 2.93. The Labute approximate surface area is 117 Å². The molecule has 6 heteroatoms. The van der Waals surface area contributed by atoms with Crippen LogP contribution in [0.5, 0.6) is 0 Å². The molecule has 0 aliphatic carbocycles. The number of pyridine rings is 1. The first-order chi connectivity index (χ1) is 9.41. The van der Waals surface area contributed by atoms with Gasteiger partial charge in [-0.15, -0.1) is 0 Å². The van der Waals surface area contributed by atoms with Crippen molar-refractivity contribution in [3.8, 4) is 0 Å². The van der Waals surface area contributed by atoms with Crippen LogP contribution in [0.15, 0.2) is 24.5 Å². The Bertz CT molecular complexity index is 622. The lowest BCUT2D eigenvalue weighted by Gasteiger charge is -2.29. The number of esters is 1. The zero-order valence-corrected chi connectivity index (χ0v) is 12.0. The fraction of sp³-hybridized carbons (Fsp3) is 0.429. The molecule has 2 heterocycles. The number of carbonyl (C=O) groups is 1. The summed E-state index contributed by atoms with van der Waals surface area (Å²) in [5.74, 6) is 0.252. The average Bonchev–Trinajstić information content (AvgIpc) is 2.42. The van der Waals surface area contributed by atoms with Crippen molar-refractivity contribution in [1.29, 1.82) is 0 Å². The van der Waals surface area contributed by atoms with Gasteiger partial charge in [0, 0.05) is 12.4 Å². The maximum atomic E-state index is 11.9. The maximum Gasteiger partial charge on any atom is 0.328 e. The third-order valence-corrected chi connectivity index (χ3v) is 2.93. The minimum Gasteiger partial charge on any atom is -0.467 e. The van der Waals surface area contributed by atoms with E-state index in [4.69, 9.17) is 4.74 Å². The number of nitrogens with zero attached hydrogens (tertiary/aromatic N) is 3. The molecule has 0 spiro atoms. The average molecular weight is 274 g/mol. The lowest BCUT2D eigenvalue weighted by atomic mass is 9.87. The van der Waals surface area contributed by atoms with Crippen LogP contribution in [-0.2, 0) is 9.53 Å². The molecular weight excluding hydrogens is 256 g/mol. The number of anilines is 1. The molecule has 2 aromatic rings. The number of methoxy groups -OCH3 is 1. The van der Waals surface area contributed by atoms with Gasteiger partial charge in [0.25, 0.3) is 0 Å². The SMILES string of the molecule is COC(=O)C(Nc1ccc2nccnc2n1)C(C)(C)C. The number of aromatic nitrogens is 3. The van der Waals surface area contributed by atoms with Crippen molar-refractivity contribution in [2.24, 2.45) is 5.41 Å². The third kappa shape index (κ3) is 3.01. The molecule has 1 atom stereocenters. The van der Waals surface area contributed by atoms with Crippen molar-refractivity contribution in [2.45, 2.75) is 26.8 Å². The topological polar surface area (TPSA) is 77.0 Å². The Balaban J connectivity index is 2.31. The van der Waals surface area contributed by atoms with E-state index in [9.17, 15) is 4.79 Å². The van der Waals surface area contributed by atoms with Gasteiger partial charge in [0.05, 0.1) is 7.11 Å². The van der Waals surface area contributed by atoms with E-state index in [2.05, 4.69) is 20.3 Å². The maximum absolute atomic E-state index is 11.9. The Morgan fingerprint density at radius 3 is 2.60 bits per heavy atom. The van der Waals surface area contributed by atoms with Gasteiger partial charge >= 0.3 is 5.97 Å². The monoisotopic (exact) mass is 274 g/mol. The second-order valence-corrected chi connectivity index (χ2v) is 5.56. The largest absolute Gasteiger partial charge is 0.467 e. The molecule has 0 saturated carbocycles. The fourth-order valence-corrected chi connectivity index (χ4v) is 1.83. The Hall–Kier alpha value is -2.24. The molecule has 1 N–H and O–H groups in total. The number of fused-ring (bicyclic) bond motifs is 1. The number of nitrogens with one attached hydrogen (secondary N) is 1. The molecule has 0 bridgehead atoms. The van der Waals surface area contributed by atoms with Crippen LogP contribution in [0.3, 0.4) is 0 Å². The van der Waals surface area contributed by atoms with E-state index in [-0.39, 0.29) is 11.4 Å². The predicted octanol–water partition coefficient (Wildman–Crippen LogP) is 2.02. The van der Waals surface area contributed by atoms with E-state index >= 15 is 0 Å². The van der Waals surface area contributed by atoms with Crippen LogP contribution in [0.2, 0.25) is 0 Å². The predicted molar refractivity (Wildman–Crippen MR) is 76.2 cm³/mol. The first kappa shape index (κ1) is 14.2. The zero-order valence-electron chi connectivity index (χ0n) is 12.0. The summed E-state index contributed by atoms with van der Waals surface area (Å²) >= 11 is 0. The van der Waals surface area contributed by atoms with Crippen molar-refractivity contribution in [1.82, 2.24) is 15.0 Å². The van der Waals surface area contributed by atoms with Gasteiger partial charge in [0.1, 0.15) is 17.4 Å². The zero-order chi connectivity index (χ0) is 14.8. The van der Waals surface area contributed by atoms with E-state index in [1.54, 1.807) is 18.5 Å². The van der Waals surface area contributed by atoms with Crippen molar-refractivity contribution in [3.05, 3.63) is 24.5 Å². The summed E-state index contributed by atoms with van der Waals surface area (Å²) in [5, 5.41) is 3.11. The molecular formula is C14H18N4O2. The fourth-order valence-electron chi connectivity index (χ4n) is 1.83. The standard InChI is InChI=1S/C14H18N4O2/c1-14(2,3)11(13(19)20-4)17-10-6-5-9-12(18-10)16-8-7-15-9/h5-8,11H,1-4H3,(H,16,17,18). The summed E-state index contributed by atoms with van der Waals surface area (Å²) in [6.07, 6.45) is 3.20. The molecule has 20 heavy (non-hydrogen) atoms. The molecule has 0 aromatic carbocycles. The highest BCUT2D eigenvalue weighted by molar-refractivity contribution is 5.80. The summed E-state index contributed by atoms with van der Waals surface area (Å²) < 4.78 is 4.84. The Morgan fingerprint density at radius 1 is 1.25 bits per heavy atom. The lowest BCUT2D eigenvalue weighted by Crippen LogP contribution is -2.42. The van der Waals surface area contributed by atoms with Crippen LogP contribution in [0, 0.1) is 5.41 Å². The van der Waals surface area contributed by atoms with Crippen molar-refractivity contribution in [3.63, 3.8) is 0 Å². The Kier molecular flexibility index (Phi) is 3.83. The summed E-state index contributed by atoms with van der Waals surface area (Å²) in [5.41, 5.74) is 0.949. The molecule has 2 rings (SSSR count). The number of hydrogen-bond acceptors (Lipinski definition) is 6. The molecule has 6 nitrogen and oxygen atoms in total. The van der Waals surface area contributed by atoms with Crippen molar-refractivity contribution < 1.29 is 9.53 Å². The van der Waals surface area contributed by atoms with Crippen LogP contribution in [0.4, 0.5) is 5.82 Å². The van der Waals surface area contributed by atoms with E-state index in [1.165, 1.54) is 7.11 Å².